The van der Waals surface area contributed by atoms with E-state index in [-0.39, 0.29) is 13.0 Å². The molecule has 9 heteroatoms. The summed E-state index contributed by atoms with van der Waals surface area (Å²) in [4.78, 5) is 26.3. The van der Waals surface area contributed by atoms with Crippen LogP contribution in [0.5, 0.6) is 0 Å². The molecule has 1 rings (SSSR count). The highest BCUT2D eigenvalue weighted by Crippen LogP contribution is 2.32. The van der Waals surface area contributed by atoms with Gasteiger partial charge >= 0.3 is 12.1 Å². The lowest BCUT2D eigenvalue weighted by Crippen LogP contribution is -2.47. The van der Waals surface area contributed by atoms with Gasteiger partial charge in [0.15, 0.2) is 0 Å². The van der Waals surface area contributed by atoms with E-state index in [1.807, 2.05) is 0 Å². The van der Waals surface area contributed by atoms with E-state index in [0.717, 1.165) is 0 Å². The molecule has 1 aliphatic carbocycles. The van der Waals surface area contributed by atoms with Crippen LogP contribution in [-0.4, -0.2) is 42.5 Å². The fraction of sp³-hybridized carbons (Fsp3) is 0.846. The smallest absolute Gasteiger partial charge is 0.407 e. The number of azide groups is 1. The third-order valence-corrected chi connectivity index (χ3v) is 3.11. The lowest BCUT2D eigenvalue weighted by molar-refractivity contribution is -0.148. The van der Waals surface area contributed by atoms with Gasteiger partial charge in [-0.1, -0.05) is 5.11 Å². The molecular weight excluding hydrogens is 295 g/mol. The fourth-order valence-corrected chi connectivity index (χ4v) is 2.29. The third-order valence-electron chi connectivity index (χ3n) is 3.11. The highest BCUT2D eigenvalue weighted by molar-refractivity contribution is 5.76. The van der Waals surface area contributed by atoms with Crippen LogP contribution in [0.4, 0.5) is 9.18 Å². The van der Waals surface area contributed by atoms with Crippen molar-refractivity contribution in [2.24, 2.45) is 11.0 Å². The van der Waals surface area contributed by atoms with Crippen molar-refractivity contribution < 1.29 is 23.5 Å². The molecule has 0 heterocycles. The van der Waals surface area contributed by atoms with Crippen molar-refractivity contribution >= 4 is 12.1 Å². The van der Waals surface area contributed by atoms with Gasteiger partial charge in [-0.2, -0.15) is 0 Å². The van der Waals surface area contributed by atoms with Crippen molar-refractivity contribution in [2.75, 3.05) is 6.61 Å². The molecule has 8 nitrogen and oxygen atoms in total. The Morgan fingerprint density at radius 2 is 2.09 bits per heavy atom. The van der Waals surface area contributed by atoms with E-state index in [4.69, 9.17) is 15.0 Å². The summed E-state index contributed by atoms with van der Waals surface area (Å²) in [5.74, 6) is -1.56. The molecule has 0 spiro atoms. The van der Waals surface area contributed by atoms with Crippen molar-refractivity contribution in [3.8, 4) is 0 Å². The van der Waals surface area contributed by atoms with E-state index in [9.17, 15) is 14.0 Å². The number of hydrogen-bond donors (Lipinski definition) is 1. The minimum absolute atomic E-state index is 0.0233. The number of esters is 1. The molecule has 0 aromatic carbocycles. The number of carbonyl (C=O) groups excluding carboxylic acids is 2. The molecule has 22 heavy (non-hydrogen) atoms. The summed E-state index contributed by atoms with van der Waals surface area (Å²) in [7, 11) is 0. The van der Waals surface area contributed by atoms with Crippen LogP contribution in [-0.2, 0) is 14.3 Å². The highest BCUT2D eigenvalue weighted by Gasteiger charge is 2.48. The van der Waals surface area contributed by atoms with Gasteiger partial charge in [0.1, 0.15) is 11.8 Å². The summed E-state index contributed by atoms with van der Waals surface area (Å²) in [6.07, 6.45) is -2.54. The number of amides is 1. The number of ether oxygens (including phenoxy) is 2. The second-order valence-corrected chi connectivity index (χ2v) is 5.98. The summed E-state index contributed by atoms with van der Waals surface area (Å²) in [6, 6.07) is -2.18. The highest BCUT2D eigenvalue weighted by atomic mass is 19.1. The average Bonchev–Trinajstić information content (AvgIpc) is 2.66. The van der Waals surface area contributed by atoms with Crippen LogP contribution < -0.4 is 5.32 Å². The van der Waals surface area contributed by atoms with Crippen LogP contribution in [0, 0.1) is 5.92 Å². The minimum atomic E-state index is -1.68. The first kappa shape index (κ1) is 18.0. The molecule has 0 radical (unpaired) electrons. The summed E-state index contributed by atoms with van der Waals surface area (Å²) >= 11 is 0. The zero-order chi connectivity index (χ0) is 16.9. The Labute approximate surface area is 128 Å². The predicted octanol–water partition coefficient (Wildman–Crippen LogP) is 2.48. The van der Waals surface area contributed by atoms with E-state index >= 15 is 0 Å². The Morgan fingerprint density at radius 3 is 2.59 bits per heavy atom. The molecule has 0 aliphatic heterocycles. The third kappa shape index (κ3) is 4.77. The van der Waals surface area contributed by atoms with Crippen LogP contribution in [0.3, 0.4) is 0 Å². The first-order chi connectivity index (χ1) is 10.2. The van der Waals surface area contributed by atoms with E-state index < -0.39 is 41.8 Å². The van der Waals surface area contributed by atoms with Gasteiger partial charge < -0.3 is 14.8 Å². The van der Waals surface area contributed by atoms with Gasteiger partial charge in [0, 0.05) is 4.91 Å². The molecular formula is C13H21FN4O4. The Balaban J connectivity index is 2.87. The Hall–Kier alpha value is -2.02. The summed E-state index contributed by atoms with van der Waals surface area (Å²) < 4.78 is 24.3. The van der Waals surface area contributed by atoms with Gasteiger partial charge in [-0.3, -0.25) is 4.79 Å². The fourth-order valence-electron chi connectivity index (χ4n) is 2.29. The summed E-state index contributed by atoms with van der Waals surface area (Å²) in [6.45, 7) is 6.76. The van der Waals surface area contributed by atoms with E-state index in [2.05, 4.69) is 15.3 Å². The molecule has 0 saturated heterocycles. The number of nitrogens with one attached hydrogen (secondary N) is 1. The van der Waals surface area contributed by atoms with Gasteiger partial charge in [-0.05, 0) is 39.6 Å². The lowest BCUT2D eigenvalue weighted by Gasteiger charge is -2.25. The maximum atomic E-state index is 14.3. The summed E-state index contributed by atoms with van der Waals surface area (Å²) in [5, 5.41) is 5.68. The molecule has 1 fully saturated rings. The summed E-state index contributed by atoms with van der Waals surface area (Å²) in [5.41, 5.74) is 7.71. The first-order valence-electron chi connectivity index (χ1n) is 7.04. The number of alkyl halides is 1. The zero-order valence-electron chi connectivity index (χ0n) is 13.1. The molecule has 124 valence electrons. The van der Waals surface area contributed by atoms with E-state index in [0.29, 0.717) is 0 Å². The number of carbonyl (C=O) groups is 2. The van der Waals surface area contributed by atoms with Crippen LogP contribution in [0.1, 0.15) is 34.1 Å². The molecule has 1 amide bonds. The van der Waals surface area contributed by atoms with Gasteiger partial charge in [-0.25, -0.2) is 9.18 Å². The molecule has 0 aromatic rings. The van der Waals surface area contributed by atoms with Crippen LogP contribution >= 0.6 is 0 Å². The van der Waals surface area contributed by atoms with Crippen molar-refractivity contribution in [3.63, 3.8) is 0 Å². The Kier molecular flexibility index (Phi) is 5.99. The van der Waals surface area contributed by atoms with Gasteiger partial charge in [-0.15, -0.1) is 0 Å². The number of nitrogens with zero attached hydrogens (tertiary/aromatic N) is 3. The quantitative estimate of drug-likeness (QED) is 0.371. The number of rotatable bonds is 4. The largest absolute Gasteiger partial charge is 0.466 e. The topological polar surface area (TPSA) is 113 Å². The maximum absolute atomic E-state index is 14.3. The number of alkyl carbamates (subject to hydrolysis) is 1. The van der Waals surface area contributed by atoms with Crippen molar-refractivity contribution in [2.45, 2.75) is 58.0 Å². The predicted molar refractivity (Wildman–Crippen MR) is 75.7 cm³/mol. The molecule has 1 aliphatic rings. The van der Waals surface area contributed by atoms with Crippen molar-refractivity contribution in [3.05, 3.63) is 10.4 Å². The van der Waals surface area contributed by atoms with E-state index in [1.165, 1.54) is 0 Å². The first-order valence-corrected chi connectivity index (χ1v) is 7.04. The normalized spacial score (nSPS) is 27.7. The van der Waals surface area contributed by atoms with Crippen LogP contribution in [0.15, 0.2) is 5.11 Å². The number of halogens is 1. The maximum Gasteiger partial charge on any atom is 0.407 e. The second kappa shape index (κ2) is 7.31. The molecule has 1 saturated carbocycles. The zero-order valence-corrected chi connectivity index (χ0v) is 13.1. The molecule has 4 atom stereocenters. The van der Waals surface area contributed by atoms with Crippen molar-refractivity contribution in [1.29, 1.82) is 0 Å². The molecule has 1 N–H and O–H groups in total. The Bertz CT molecular complexity index is 473. The van der Waals surface area contributed by atoms with Gasteiger partial charge in [0.2, 0.25) is 0 Å². The monoisotopic (exact) mass is 316 g/mol. The van der Waals surface area contributed by atoms with Crippen LogP contribution in [0.25, 0.3) is 10.4 Å². The van der Waals surface area contributed by atoms with E-state index in [1.54, 1.807) is 27.7 Å². The minimum Gasteiger partial charge on any atom is -0.466 e. The molecule has 0 unspecified atom stereocenters. The number of hydrogen-bond acceptors (Lipinski definition) is 5. The second-order valence-electron chi connectivity index (χ2n) is 5.98. The molecule has 0 bridgehead atoms. The standard InChI is InChI=1S/C13H21FN4O4/c1-5-21-11(19)7-6-8(17-18-15)9(14)10(7)16-12(20)22-13(2,3)4/h7-10H,5-6H2,1-4H3,(H,16,20)/t7-,8-,9-,10-/m0/s1. The van der Waals surface area contributed by atoms with Crippen molar-refractivity contribution in [1.82, 2.24) is 5.32 Å². The SMILES string of the molecule is CCOC(=O)[C@H]1C[C@H](N=[N+]=[N-])[C@H](F)[C@H]1NC(=O)OC(C)(C)C. The van der Waals surface area contributed by atoms with Crippen LogP contribution in [0.2, 0.25) is 0 Å². The van der Waals surface area contributed by atoms with Gasteiger partial charge in [0.05, 0.1) is 24.6 Å². The Morgan fingerprint density at radius 1 is 1.45 bits per heavy atom. The average molecular weight is 316 g/mol. The van der Waals surface area contributed by atoms with Gasteiger partial charge in [0.25, 0.3) is 0 Å². The molecule has 0 aromatic heterocycles. The lowest BCUT2D eigenvalue weighted by atomic mass is 10.0.